The maximum absolute atomic E-state index is 14.2. The Morgan fingerprint density at radius 2 is 1.74 bits per heavy atom. The Hall–Kier alpha value is -4.79. The molecular formula is C34H33FN4O4. The monoisotopic (exact) mass is 580 g/mol. The lowest BCUT2D eigenvalue weighted by Gasteiger charge is -2.40. The molecule has 3 heterocycles. The number of halogens is 1. The molecule has 220 valence electrons. The number of nitrogens with zero attached hydrogens (tertiary/aromatic N) is 4. The lowest BCUT2D eigenvalue weighted by Crippen LogP contribution is -2.58. The fourth-order valence-electron chi connectivity index (χ4n) is 6.96. The average Bonchev–Trinajstić information content (AvgIpc) is 3.66. The Balaban J connectivity index is 1.54. The summed E-state index contributed by atoms with van der Waals surface area (Å²) in [6.45, 7) is 0.713. The summed E-state index contributed by atoms with van der Waals surface area (Å²) < 4.78 is 21.4. The van der Waals surface area contributed by atoms with Crippen LogP contribution in [0, 0.1) is 11.7 Å². The lowest BCUT2D eigenvalue weighted by molar-refractivity contribution is -0.153. The van der Waals surface area contributed by atoms with Gasteiger partial charge in [0.25, 0.3) is 11.8 Å². The van der Waals surface area contributed by atoms with E-state index < -0.39 is 17.4 Å². The van der Waals surface area contributed by atoms with Crippen LogP contribution in [0.25, 0.3) is 0 Å². The molecule has 9 heteroatoms. The van der Waals surface area contributed by atoms with E-state index in [1.54, 1.807) is 61.6 Å². The van der Waals surface area contributed by atoms with Gasteiger partial charge in [0.05, 0.1) is 19.3 Å². The van der Waals surface area contributed by atoms with Crippen molar-refractivity contribution in [2.45, 2.75) is 30.8 Å². The number of aromatic nitrogens is 2. The SMILES string of the molecule is COC(=O)[C@@]1(Cc2ccc(F)cc2)C2c3cc(C(=O)N(C)C)n(Cc4ccccn4)c3CC2CN1C(=O)c1ccccc1. The van der Waals surface area contributed by atoms with Crippen molar-refractivity contribution in [3.63, 3.8) is 0 Å². The van der Waals surface area contributed by atoms with Crippen LogP contribution in [0.4, 0.5) is 4.39 Å². The number of methoxy groups -OCH3 is 1. The molecule has 1 fully saturated rings. The van der Waals surface area contributed by atoms with E-state index >= 15 is 0 Å². The molecule has 2 aromatic heterocycles. The number of esters is 1. The number of pyridine rings is 1. The van der Waals surface area contributed by atoms with Crippen molar-refractivity contribution in [1.29, 1.82) is 0 Å². The molecule has 1 aliphatic heterocycles. The second kappa shape index (κ2) is 11.1. The molecule has 0 radical (unpaired) electrons. The van der Waals surface area contributed by atoms with Gasteiger partial charge < -0.3 is 19.1 Å². The van der Waals surface area contributed by atoms with Gasteiger partial charge in [-0.25, -0.2) is 9.18 Å². The molecule has 0 saturated carbocycles. The van der Waals surface area contributed by atoms with Gasteiger partial charge in [-0.2, -0.15) is 0 Å². The van der Waals surface area contributed by atoms with Crippen LogP contribution in [-0.2, 0) is 28.9 Å². The highest BCUT2D eigenvalue weighted by atomic mass is 19.1. The van der Waals surface area contributed by atoms with Crippen LogP contribution in [0.2, 0.25) is 0 Å². The Labute approximate surface area is 249 Å². The summed E-state index contributed by atoms with van der Waals surface area (Å²) in [7, 11) is 4.74. The Morgan fingerprint density at radius 1 is 1.02 bits per heavy atom. The van der Waals surface area contributed by atoms with Crippen LogP contribution in [0.15, 0.2) is 85.1 Å². The molecule has 8 nitrogen and oxygen atoms in total. The van der Waals surface area contributed by atoms with Crippen LogP contribution in [0.3, 0.4) is 0 Å². The number of ether oxygens (including phenoxy) is 1. The number of amides is 2. The van der Waals surface area contributed by atoms with E-state index in [2.05, 4.69) is 4.98 Å². The lowest BCUT2D eigenvalue weighted by atomic mass is 9.75. The standard InChI is InChI=1S/C34H33FN4O4/c1-37(2)32(41)29-18-27-28(38(29)21-26-11-7-8-16-36-26)17-24-20-39(31(40)23-9-5-4-6-10-23)34(30(24)27,33(42)43-3)19-22-12-14-25(35)15-13-22/h4-16,18,24,30H,17,19-21H2,1-3H3/t24?,30?,34-/m1/s1. The van der Waals surface area contributed by atoms with E-state index in [9.17, 15) is 18.8 Å². The van der Waals surface area contributed by atoms with Crippen LogP contribution in [0.1, 0.15) is 49.3 Å². The predicted octanol–water partition coefficient (Wildman–Crippen LogP) is 4.34. The minimum Gasteiger partial charge on any atom is -0.467 e. The highest BCUT2D eigenvalue weighted by Crippen LogP contribution is 2.55. The zero-order valence-corrected chi connectivity index (χ0v) is 24.4. The molecule has 1 aliphatic carbocycles. The summed E-state index contributed by atoms with van der Waals surface area (Å²) in [4.78, 5) is 49.5. The Morgan fingerprint density at radius 3 is 2.40 bits per heavy atom. The number of rotatable bonds is 7. The summed E-state index contributed by atoms with van der Waals surface area (Å²) in [5.74, 6) is -1.93. The average molecular weight is 581 g/mol. The van der Waals surface area contributed by atoms with Gasteiger partial charge in [0.15, 0.2) is 5.54 Å². The zero-order valence-electron chi connectivity index (χ0n) is 24.4. The Bertz CT molecular complexity index is 1670. The largest absolute Gasteiger partial charge is 0.467 e. The second-order valence-electron chi connectivity index (χ2n) is 11.5. The number of hydrogen-bond donors (Lipinski definition) is 0. The maximum Gasteiger partial charge on any atom is 0.332 e. The molecular weight excluding hydrogens is 547 g/mol. The van der Waals surface area contributed by atoms with Crippen molar-refractivity contribution in [1.82, 2.24) is 19.4 Å². The molecule has 1 saturated heterocycles. The minimum atomic E-state index is -1.43. The van der Waals surface area contributed by atoms with E-state index in [0.29, 0.717) is 36.3 Å². The van der Waals surface area contributed by atoms with Crippen molar-refractivity contribution in [3.05, 3.63) is 125 Å². The molecule has 43 heavy (non-hydrogen) atoms. The maximum atomic E-state index is 14.2. The summed E-state index contributed by atoms with van der Waals surface area (Å²) in [5.41, 5.74) is 2.83. The van der Waals surface area contributed by atoms with Gasteiger partial charge >= 0.3 is 5.97 Å². The van der Waals surface area contributed by atoms with Crippen LogP contribution >= 0.6 is 0 Å². The molecule has 2 amide bonds. The predicted molar refractivity (Wildman–Crippen MR) is 158 cm³/mol. The van der Waals surface area contributed by atoms with Crippen molar-refractivity contribution in [2.75, 3.05) is 27.7 Å². The third-order valence-electron chi connectivity index (χ3n) is 8.78. The molecule has 4 aromatic rings. The molecule has 2 unspecified atom stereocenters. The second-order valence-corrected chi connectivity index (χ2v) is 11.5. The first-order valence-electron chi connectivity index (χ1n) is 14.3. The van der Waals surface area contributed by atoms with Gasteiger partial charge in [0.2, 0.25) is 0 Å². The topological polar surface area (TPSA) is 84.7 Å². The van der Waals surface area contributed by atoms with Crippen molar-refractivity contribution < 1.29 is 23.5 Å². The van der Waals surface area contributed by atoms with Crippen molar-refractivity contribution in [3.8, 4) is 0 Å². The summed E-state index contributed by atoms with van der Waals surface area (Å²) in [5, 5.41) is 0. The first-order chi connectivity index (χ1) is 20.7. The third kappa shape index (κ3) is 4.78. The minimum absolute atomic E-state index is 0.101. The third-order valence-corrected chi connectivity index (χ3v) is 8.78. The molecule has 3 atom stereocenters. The summed E-state index contributed by atoms with van der Waals surface area (Å²) in [6, 6.07) is 22.4. The number of benzene rings is 2. The van der Waals surface area contributed by atoms with Crippen molar-refractivity contribution in [2.24, 2.45) is 5.92 Å². The highest BCUT2D eigenvalue weighted by Gasteiger charge is 2.64. The fourth-order valence-corrected chi connectivity index (χ4v) is 6.96. The first-order valence-corrected chi connectivity index (χ1v) is 14.3. The number of carbonyl (C=O) groups excluding carboxylic acids is 3. The van der Waals surface area contributed by atoms with E-state index in [4.69, 9.17) is 4.74 Å². The molecule has 0 bridgehead atoms. The Kier molecular flexibility index (Phi) is 7.33. The van der Waals surface area contributed by atoms with E-state index in [1.807, 2.05) is 34.9 Å². The van der Waals surface area contributed by atoms with Gasteiger partial charge in [-0.3, -0.25) is 14.6 Å². The molecule has 2 aliphatic rings. The van der Waals surface area contributed by atoms with E-state index in [0.717, 1.165) is 17.0 Å². The smallest absolute Gasteiger partial charge is 0.332 e. The van der Waals surface area contributed by atoms with Gasteiger partial charge in [0, 0.05) is 50.4 Å². The number of fused-ring (bicyclic) bond motifs is 3. The zero-order chi connectivity index (χ0) is 30.3. The summed E-state index contributed by atoms with van der Waals surface area (Å²) >= 11 is 0. The summed E-state index contributed by atoms with van der Waals surface area (Å²) in [6.07, 6.45) is 2.41. The van der Waals surface area contributed by atoms with Gasteiger partial charge in [-0.15, -0.1) is 0 Å². The fraction of sp³-hybridized carbons (Fsp3) is 0.294. The number of likely N-dealkylation sites (tertiary alicyclic amines) is 1. The van der Waals surface area contributed by atoms with Crippen LogP contribution in [0.5, 0.6) is 0 Å². The van der Waals surface area contributed by atoms with Gasteiger partial charge in [-0.1, -0.05) is 36.4 Å². The van der Waals surface area contributed by atoms with Crippen molar-refractivity contribution >= 4 is 17.8 Å². The molecule has 0 spiro atoms. The van der Waals surface area contributed by atoms with Crippen LogP contribution in [-0.4, -0.2) is 70.4 Å². The number of carbonyl (C=O) groups is 3. The number of hydrogen-bond acceptors (Lipinski definition) is 5. The van der Waals surface area contributed by atoms with Gasteiger partial charge in [0.1, 0.15) is 11.5 Å². The first kappa shape index (κ1) is 28.3. The van der Waals surface area contributed by atoms with E-state index in [-0.39, 0.29) is 30.0 Å². The highest BCUT2D eigenvalue weighted by molar-refractivity contribution is 6.00. The normalized spacial score (nSPS) is 20.4. The van der Waals surface area contributed by atoms with E-state index in [1.165, 1.54) is 24.1 Å². The molecule has 6 rings (SSSR count). The molecule has 0 N–H and O–H groups in total. The quantitative estimate of drug-likeness (QED) is 0.304. The van der Waals surface area contributed by atoms with Crippen LogP contribution < -0.4 is 0 Å². The van der Waals surface area contributed by atoms with Gasteiger partial charge in [-0.05, 0) is 65.9 Å². The molecule has 2 aromatic carbocycles.